The van der Waals surface area contributed by atoms with Crippen molar-refractivity contribution in [2.75, 3.05) is 6.61 Å². The summed E-state index contributed by atoms with van der Waals surface area (Å²) in [6, 6.07) is 7.69. The highest BCUT2D eigenvalue weighted by Crippen LogP contribution is 2.54. The molecule has 4 heteroatoms. The second kappa shape index (κ2) is 7.26. The molecule has 0 unspecified atom stereocenters. The van der Waals surface area contributed by atoms with Crippen LogP contribution >= 0.6 is 0 Å². The Labute approximate surface area is 178 Å². The van der Waals surface area contributed by atoms with Gasteiger partial charge in [-0.2, -0.15) is 0 Å². The molecule has 0 radical (unpaired) electrons. The van der Waals surface area contributed by atoms with Crippen molar-refractivity contribution in [3.63, 3.8) is 0 Å². The Bertz CT molecular complexity index is 938. The molecule has 0 saturated carbocycles. The van der Waals surface area contributed by atoms with E-state index in [1.54, 1.807) is 6.08 Å². The van der Waals surface area contributed by atoms with Crippen LogP contribution in [0.5, 0.6) is 5.75 Å². The summed E-state index contributed by atoms with van der Waals surface area (Å²) in [4.78, 5) is 26.7. The summed E-state index contributed by atoms with van der Waals surface area (Å²) in [6.07, 6.45) is 3.96. The summed E-state index contributed by atoms with van der Waals surface area (Å²) in [5.41, 5.74) is 1.80. The maximum Gasteiger partial charge on any atom is 0.163 e. The van der Waals surface area contributed by atoms with Crippen molar-refractivity contribution in [3.8, 4) is 5.75 Å². The van der Waals surface area contributed by atoms with E-state index in [1.807, 2.05) is 24.3 Å². The standard InChI is InChI=1S/C26H30O4/c1-6-11-29-19-10-8-7-9-16(19)22-23-17(27)12-25(2,3)14-20(23)30-21-15-26(4,5)13-18(28)24(21)22/h6-10,22H,1,11-15H2,2-5H3. The van der Waals surface area contributed by atoms with Gasteiger partial charge in [-0.1, -0.05) is 58.5 Å². The topological polar surface area (TPSA) is 52.6 Å². The number of benzene rings is 1. The molecule has 0 amide bonds. The van der Waals surface area contributed by atoms with E-state index in [-0.39, 0.29) is 22.4 Å². The number of hydrogen-bond acceptors (Lipinski definition) is 4. The first-order chi connectivity index (χ1) is 14.1. The molecule has 1 heterocycles. The van der Waals surface area contributed by atoms with E-state index in [0.29, 0.717) is 49.2 Å². The van der Waals surface area contributed by atoms with E-state index in [9.17, 15) is 9.59 Å². The average molecular weight is 407 g/mol. The maximum atomic E-state index is 13.3. The van der Waals surface area contributed by atoms with Crippen molar-refractivity contribution >= 4 is 11.6 Å². The molecule has 0 saturated heterocycles. The Morgan fingerprint density at radius 1 is 0.967 bits per heavy atom. The van der Waals surface area contributed by atoms with Gasteiger partial charge >= 0.3 is 0 Å². The van der Waals surface area contributed by atoms with Crippen molar-refractivity contribution in [2.24, 2.45) is 10.8 Å². The summed E-state index contributed by atoms with van der Waals surface area (Å²) in [5, 5.41) is 0. The highest BCUT2D eigenvalue weighted by atomic mass is 16.5. The molecule has 1 aromatic rings. The molecule has 2 aliphatic carbocycles. The smallest absolute Gasteiger partial charge is 0.163 e. The van der Waals surface area contributed by atoms with Crippen LogP contribution in [0.3, 0.4) is 0 Å². The maximum absolute atomic E-state index is 13.3. The van der Waals surface area contributed by atoms with Gasteiger partial charge in [-0.3, -0.25) is 9.59 Å². The monoisotopic (exact) mass is 406 g/mol. The van der Waals surface area contributed by atoms with Crippen molar-refractivity contribution in [1.82, 2.24) is 0 Å². The summed E-state index contributed by atoms with van der Waals surface area (Å²) >= 11 is 0. The number of ketones is 2. The van der Waals surface area contributed by atoms with E-state index >= 15 is 0 Å². The normalized spacial score (nSPS) is 22.9. The number of para-hydroxylation sites is 1. The fourth-order valence-corrected chi connectivity index (χ4v) is 4.98. The van der Waals surface area contributed by atoms with Gasteiger partial charge in [-0.25, -0.2) is 0 Å². The third-order valence-corrected chi connectivity index (χ3v) is 6.17. The summed E-state index contributed by atoms with van der Waals surface area (Å²) in [6.45, 7) is 12.5. The van der Waals surface area contributed by atoms with Crippen LogP contribution in [0.15, 0.2) is 59.6 Å². The third kappa shape index (κ3) is 3.64. The first kappa shape index (κ1) is 20.6. The van der Waals surface area contributed by atoms with E-state index in [0.717, 1.165) is 17.1 Å². The van der Waals surface area contributed by atoms with Gasteiger partial charge < -0.3 is 9.47 Å². The molecule has 1 aliphatic heterocycles. The minimum atomic E-state index is -0.433. The second-order valence-corrected chi connectivity index (χ2v) is 10.2. The lowest BCUT2D eigenvalue weighted by Gasteiger charge is -2.43. The number of Topliss-reactive ketones (excluding diaryl/α,β-unsaturated/α-hetero) is 2. The van der Waals surface area contributed by atoms with Crippen LogP contribution in [0.25, 0.3) is 0 Å². The largest absolute Gasteiger partial charge is 0.489 e. The van der Waals surface area contributed by atoms with E-state index in [4.69, 9.17) is 9.47 Å². The zero-order valence-electron chi connectivity index (χ0n) is 18.3. The Hall–Kier alpha value is -2.62. The van der Waals surface area contributed by atoms with Crippen LogP contribution in [0, 0.1) is 10.8 Å². The minimum Gasteiger partial charge on any atom is -0.489 e. The van der Waals surface area contributed by atoms with Gasteiger partial charge in [0, 0.05) is 42.4 Å². The molecule has 0 aromatic heterocycles. The molecule has 0 N–H and O–H groups in total. The van der Waals surface area contributed by atoms with Gasteiger partial charge in [0.2, 0.25) is 0 Å². The lowest BCUT2D eigenvalue weighted by Crippen LogP contribution is -2.37. The first-order valence-corrected chi connectivity index (χ1v) is 10.6. The zero-order valence-corrected chi connectivity index (χ0v) is 18.3. The second-order valence-electron chi connectivity index (χ2n) is 10.2. The molecular weight excluding hydrogens is 376 g/mol. The lowest BCUT2D eigenvalue weighted by atomic mass is 9.65. The molecule has 0 bridgehead atoms. The third-order valence-electron chi connectivity index (χ3n) is 6.17. The van der Waals surface area contributed by atoms with E-state index < -0.39 is 5.92 Å². The molecule has 3 aliphatic rings. The predicted octanol–water partition coefficient (Wildman–Crippen LogP) is 5.65. The Morgan fingerprint density at radius 2 is 1.50 bits per heavy atom. The highest BCUT2D eigenvalue weighted by molar-refractivity contribution is 6.06. The molecule has 158 valence electrons. The molecule has 1 aromatic carbocycles. The van der Waals surface area contributed by atoms with Gasteiger partial charge in [-0.05, 0) is 16.9 Å². The molecule has 0 fully saturated rings. The molecular formula is C26H30O4. The molecule has 4 rings (SSSR count). The molecule has 0 atom stereocenters. The van der Waals surface area contributed by atoms with Crippen LogP contribution in [-0.4, -0.2) is 18.2 Å². The summed E-state index contributed by atoms with van der Waals surface area (Å²) < 4.78 is 12.3. The quantitative estimate of drug-likeness (QED) is 0.606. The van der Waals surface area contributed by atoms with Gasteiger partial charge in [0.25, 0.3) is 0 Å². The fourth-order valence-electron chi connectivity index (χ4n) is 4.98. The van der Waals surface area contributed by atoms with Crippen LogP contribution in [-0.2, 0) is 14.3 Å². The predicted molar refractivity (Wildman–Crippen MR) is 116 cm³/mol. The van der Waals surface area contributed by atoms with Crippen LogP contribution in [0.1, 0.15) is 64.9 Å². The van der Waals surface area contributed by atoms with Gasteiger partial charge in [0.15, 0.2) is 11.6 Å². The Balaban J connectivity index is 1.92. The number of rotatable bonds is 4. The minimum absolute atomic E-state index is 0.0638. The Kier molecular flexibility index (Phi) is 5.00. The lowest BCUT2D eigenvalue weighted by molar-refractivity contribution is -0.120. The van der Waals surface area contributed by atoms with E-state index in [1.165, 1.54) is 0 Å². The van der Waals surface area contributed by atoms with Gasteiger partial charge in [0.1, 0.15) is 23.9 Å². The van der Waals surface area contributed by atoms with Crippen LogP contribution in [0.2, 0.25) is 0 Å². The van der Waals surface area contributed by atoms with Crippen molar-refractivity contribution in [1.29, 1.82) is 0 Å². The van der Waals surface area contributed by atoms with Crippen molar-refractivity contribution in [3.05, 3.63) is 65.1 Å². The fraction of sp³-hybridized carbons (Fsp3) is 0.462. The van der Waals surface area contributed by atoms with Crippen molar-refractivity contribution in [2.45, 2.75) is 59.3 Å². The summed E-state index contributed by atoms with van der Waals surface area (Å²) in [5.74, 6) is 1.83. The zero-order chi connectivity index (χ0) is 21.7. The molecule has 0 spiro atoms. The average Bonchev–Trinajstić information content (AvgIpc) is 2.63. The van der Waals surface area contributed by atoms with Crippen LogP contribution in [0.4, 0.5) is 0 Å². The number of carbonyl (C=O) groups is 2. The number of allylic oxidation sites excluding steroid dienone is 4. The SMILES string of the molecule is C=CCOc1ccccc1C1C2=C(CC(C)(C)CC2=O)OC2=C1C(=O)CC(C)(C)C2. The highest BCUT2D eigenvalue weighted by Gasteiger charge is 2.48. The van der Waals surface area contributed by atoms with Gasteiger partial charge in [0.05, 0.1) is 5.92 Å². The number of carbonyl (C=O) groups excluding carboxylic acids is 2. The molecule has 4 nitrogen and oxygen atoms in total. The van der Waals surface area contributed by atoms with Crippen LogP contribution < -0.4 is 4.74 Å². The summed E-state index contributed by atoms with van der Waals surface area (Å²) in [7, 11) is 0. The van der Waals surface area contributed by atoms with Gasteiger partial charge in [-0.15, -0.1) is 0 Å². The number of ether oxygens (including phenoxy) is 2. The molecule has 30 heavy (non-hydrogen) atoms. The van der Waals surface area contributed by atoms with Crippen molar-refractivity contribution < 1.29 is 19.1 Å². The number of hydrogen-bond donors (Lipinski definition) is 0. The Morgan fingerprint density at radius 3 is 2.03 bits per heavy atom. The van der Waals surface area contributed by atoms with E-state index in [2.05, 4.69) is 34.3 Å². The first-order valence-electron chi connectivity index (χ1n) is 10.6.